The number of carbonyl (C=O) groups excluding carboxylic acids is 5. The largest absolute Gasteiger partial charge is 0.481 e. The molecule has 8 heterocycles. The topological polar surface area (TPSA) is 281 Å². The number of ketones is 3. The van der Waals surface area contributed by atoms with Gasteiger partial charge in [-0.1, -0.05) is 251 Å². The van der Waals surface area contributed by atoms with Crippen molar-refractivity contribution in [3.63, 3.8) is 0 Å². The van der Waals surface area contributed by atoms with Crippen LogP contribution in [-0.4, -0.2) is 128 Å². The van der Waals surface area contributed by atoms with E-state index in [-0.39, 0.29) is 71.2 Å². The van der Waals surface area contributed by atoms with Gasteiger partial charge >= 0.3 is 17.9 Å². The zero-order valence-electron chi connectivity index (χ0n) is 88.7. The number of hydrogen-bond acceptors (Lipinski definition) is 17. The van der Waals surface area contributed by atoms with E-state index in [4.69, 9.17) is 19.9 Å². The lowest BCUT2D eigenvalue weighted by Crippen LogP contribution is -2.44. The van der Waals surface area contributed by atoms with Crippen molar-refractivity contribution in [1.29, 1.82) is 0 Å². The van der Waals surface area contributed by atoms with Crippen LogP contribution in [0.1, 0.15) is 372 Å². The zero-order chi connectivity index (χ0) is 104. The average molecular weight is 2030 g/mol. The summed E-state index contributed by atoms with van der Waals surface area (Å²) in [6.07, 6.45) is 57.4. The number of aromatic nitrogens is 6. The van der Waals surface area contributed by atoms with Crippen LogP contribution >= 0.6 is 34.0 Å². The number of carboxylic acids is 3. The number of aliphatic carboxylic acids is 3. The standard InChI is InChI=1S/2C43H55N3O4S.C38H48N2O3S/c1-5-7-28-9-13-30(14-10-28)31-17-19-32(20-18-31)35-26-44-40(45-27-35)33-15-11-29(12-16-33)24-34(41(48)46-23-6-8-36(46)42(49)50)25-37(47)38-21-22-39(51-38)43(2,3)4;1-5-6-28-7-11-30(12-8-28)31-15-17-32(18-16-31)36-25-44-40(45-26-36)33-13-9-29(10-14-33)23-35(41(48)46-22-21-34(27-46)42(49)50)24-37(47)38-19-20-39(51-38)43(2,3)4;1-5-6-25-7-11-27(12-8-25)28-15-17-29(18-16-28)32-23-39-36(40-24-32)30-13-9-26(10-14-30)21-31(37(42)43)22-33(41)34-19-20-35(44-34)38(2,3)4/h11-12,15-16,19,21-22,26-28,30-31,34,36H,5-10,13-14,17-18,20,23-25H2,1-4H3,(H,49,50);9-10,13-14,17,19-20,25-26,28,30-31,34-35H,5-8,11-12,15-16,18,21-24,27H2,1-4H3,(H,49,50);9-10,13-14,17,19-20,23-25,27-28,31H,5-8,11-12,15-16,18,21-22H2,1-4H3,(H,42,43)/t28?,30?,31?,34-,36+;28?,30?,31?,34-,35+;25?,27?,28?,31-/m101/s1. The smallest absolute Gasteiger partial charge is 0.326 e. The summed E-state index contributed by atoms with van der Waals surface area (Å²) in [4.78, 5) is 140. The number of hydrogen-bond donors (Lipinski definition) is 3. The van der Waals surface area contributed by atoms with Crippen molar-refractivity contribution < 1.29 is 53.7 Å². The van der Waals surface area contributed by atoms with Gasteiger partial charge in [0.2, 0.25) is 11.8 Å². The maximum Gasteiger partial charge on any atom is 0.326 e. The molecule has 9 aromatic rings. The fourth-order valence-corrected chi connectivity index (χ4v) is 27.2. The van der Waals surface area contributed by atoms with Crippen molar-refractivity contribution in [2.24, 2.45) is 76.9 Å². The molecule has 0 spiro atoms. The molecular weight excluding hydrogens is 1870 g/mol. The molecule has 3 unspecified atom stereocenters. The normalized spacial score (nSPS) is 22.6. The first-order valence-corrected chi connectivity index (χ1v) is 57.5. The van der Waals surface area contributed by atoms with E-state index in [1.807, 2.05) is 146 Å². The van der Waals surface area contributed by atoms with Crippen molar-refractivity contribution in [3.8, 4) is 34.2 Å². The summed E-state index contributed by atoms with van der Waals surface area (Å²) in [7, 11) is 0. The van der Waals surface area contributed by atoms with Gasteiger partial charge in [-0.05, 0) is 274 Å². The Balaban J connectivity index is 0.000000165. The summed E-state index contributed by atoms with van der Waals surface area (Å²) in [6, 6.07) is 34.2. The molecule has 8 aliphatic rings. The van der Waals surface area contributed by atoms with E-state index >= 15 is 0 Å². The third-order valence-corrected chi connectivity index (χ3v) is 37.8. The molecular formula is C124H158N8O11S3. The van der Waals surface area contributed by atoms with E-state index in [1.165, 1.54) is 203 Å². The molecule has 17 rings (SSSR count). The van der Waals surface area contributed by atoms with Crippen LogP contribution in [0.15, 0.2) is 165 Å². The number of carboxylic acid groups (broad SMARTS) is 3. The molecule has 0 bridgehead atoms. The minimum Gasteiger partial charge on any atom is -0.481 e. The maximum atomic E-state index is 13.9. The van der Waals surface area contributed by atoms with Crippen LogP contribution in [0.5, 0.6) is 0 Å². The Bertz CT molecular complexity index is 5990. The number of amides is 2. The highest BCUT2D eigenvalue weighted by atomic mass is 32.1. The summed E-state index contributed by atoms with van der Waals surface area (Å²) >= 11 is 4.43. The molecule has 6 aromatic heterocycles. The predicted molar refractivity (Wildman–Crippen MR) is 589 cm³/mol. The fraction of sp³-hybridized carbons (Fsp3) is 0.548. The highest BCUT2D eigenvalue weighted by Gasteiger charge is 2.41. The summed E-state index contributed by atoms with van der Waals surface area (Å²) in [5.74, 6) is 3.96. The van der Waals surface area contributed by atoms with Gasteiger partial charge < -0.3 is 25.1 Å². The number of nitrogens with zero attached hydrogens (tertiary/aromatic N) is 8. The second-order valence-electron chi connectivity index (χ2n) is 46.8. The first-order valence-electron chi connectivity index (χ1n) is 55.1. The fourth-order valence-electron chi connectivity index (χ4n) is 24.2. The number of thiophene rings is 3. The highest BCUT2D eigenvalue weighted by Crippen LogP contribution is 2.48. The Morgan fingerprint density at radius 1 is 0.349 bits per heavy atom. The number of rotatable bonds is 35. The number of carbonyl (C=O) groups is 8. The lowest BCUT2D eigenvalue weighted by molar-refractivity contribution is -0.149. The van der Waals surface area contributed by atoms with Gasteiger partial charge in [0.15, 0.2) is 34.8 Å². The molecule has 2 saturated heterocycles. The van der Waals surface area contributed by atoms with Crippen molar-refractivity contribution >= 4 is 97.8 Å². The van der Waals surface area contributed by atoms with Crippen LogP contribution in [0.25, 0.3) is 50.9 Å². The van der Waals surface area contributed by atoms with Gasteiger partial charge in [0.05, 0.1) is 26.5 Å². The molecule has 19 nitrogen and oxygen atoms in total. The van der Waals surface area contributed by atoms with Gasteiger partial charge in [0.1, 0.15) is 6.04 Å². The van der Waals surface area contributed by atoms with Crippen molar-refractivity contribution in [3.05, 3.63) is 227 Å². The molecule has 2 amide bonds. The van der Waals surface area contributed by atoms with E-state index in [0.717, 1.165) is 144 Å². The van der Waals surface area contributed by atoms with Crippen LogP contribution in [0.3, 0.4) is 0 Å². The predicted octanol–water partition coefficient (Wildman–Crippen LogP) is 29.3. The van der Waals surface area contributed by atoms with Crippen LogP contribution in [0.4, 0.5) is 0 Å². The molecule has 6 aliphatic carbocycles. The molecule has 5 fully saturated rings. The van der Waals surface area contributed by atoms with Crippen LogP contribution < -0.4 is 0 Å². The van der Waals surface area contributed by atoms with Crippen LogP contribution in [0.2, 0.25) is 0 Å². The molecule has 0 radical (unpaired) electrons. The molecule has 778 valence electrons. The molecule has 3 N–H and O–H groups in total. The summed E-state index contributed by atoms with van der Waals surface area (Å²) in [5, 5.41) is 29.2. The van der Waals surface area contributed by atoms with Gasteiger partial charge in [-0.2, -0.15) is 0 Å². The third-order valence-electron chi connectivity index (χ3n) is 33.1. The summed E-state index contributed by atoms with van der Waals surface area (Å²) < 4.78 is 0. The maximum absolute atomic E-state index is 13.9. The molecule has 2 aliphatic heterocycles. The Hall–Kier alpha value is -10.4. The Morgan fingerprint density at radius 2 is 0.664 bits per heavy atom. The highest BCUT2D eigenvalue weighted by molar-refractivity contribution is 7.15. The van der Waals surface area contributed by atoms with E-state index in [9.17, 15) is 53.7 Å². The van der Waals surface area contributed by atoms with Gasteiger partial charge in [0, 0.05) is 136 Å². The van der Waals surface area contributed by atoms with Crippen molar-refractivity contribution in [2.75, 3.05) is 19.6 Å². The number of Topliss-reactive ketones (excluding diaryl/α,β-unsaturated/α-hetero) is 3. The lowest BCUT2D eigenvalue weighted by Gasteiger charge is -2.35. The minimum absolute atomic E-state index is 0.0115. The Morgan fingerprint density at radius 3 is 0.938 bits per heavy atom. The number of likely N-dealkylation sites (tertiary alicyclic amines) is 2. The number of allylic oxidation sites excluding steroid dienone is 6. The minimum atomic E-state index is -0.988. The molecule has 8 atom stereocenters. The summed E-state index contributed by atoms with van der Waals surface area (Å²) in [5.41, 5.74) is 12.7. The van der Waals surface area contributed by atoms with E-state index in [2.05, 4.69) is 111 Å². The quantitative estimate of drug-likeness (QED) is 0.0311. The van der Waals surface area contributed by atoms with Gasteiger partial charge in [-0.3, -0.25) is 33.6 Å². The Kier molecular flexibility index (Phi) is 38.1. The first-order chi connectivity index (χ1) is 70.1. The van der Waals surface area contributed by atoms with E-state index < -0.39 is 47.6 Å². The second-order valence-corrected chi connectivity index (χ2v) is 50.0. The summed E-state index contributed by atoms with van der Waals surface area (Å²) in [6.45, 7) is 27.0. The van der Waals surface area contributed by atoms with Gasteiger partial charge in [0.25, 0.3) is 0 Å². The number of benzene rings is 3. The average Bonchev–Trinajstić information content (AvgIpc) is 1.41. The van der Waals surface area contributed by atoms with E-state index in [1.54, 1.807) is 4.90 Å². The first kappa shape index (κ1) is 110. The van der Waals surface area contributed by atoms with Crippen LogP contribution in [-0.2, 0) is 59.5 Å². The molecule has 146 heavy (non-hydrogen) atoms. The third kappa shape index (κ3) is 29.4. The monoisotopic (exact) mass is 2030 g/mol. The van der Waals surface area contributed by atoms with Crippen LogP contribution in [0, 0.1) is 76.9 Å². The van der Waals surface area contributed by atoms with Crippen molar-refractivity contribution in [2.45, 2.75) is 337 Å². The zero-order valence-corrected chi connectivity index (χ0v) is 91.1. The van der Waals surface area contributed by atoms with Gasteiger partial charge in [-0.25, -0.2) is 34.7 Å². The lowest BCUT2D eigenvalue weighted by atomic mass is 9.70. The van der Waals surface area contributed by atoms with Gasteiger partial charge in [-0.15, -0.1) is 34.0 Å². The molecule has 3 aromatic carbocycles. The van der Waals surface area contributed by atoms with Crippen molar-refractivity contribution in [1.82, 2.24) is 39.7 Å². The molecule has 22 heteroatoms. The molecule has 3 saturated carbocycles. The van der Waals surface area contributed by atoms with E-state index in [0.29, 0.717) is 83.7 Å². The second kappa shape index (κ2) is 50.7. The Labute approximate surface area is 879 Å². The SMILES string of the molecule is CCCC1CCC(C2CC=C(c3cnc(-c4ccc(C[C@H](CC(=O)c5ccc(C(C)(C)C)s5)C(=O)N5CCC[C@H]5C(=O)O)cc4)nc3)CC2)CC1.CCCC1CCC(C2CC=C(c3cnc(-c4ccc(C[C@H](CC(=O)c5ccc(C(C)(C)C)s5)C(=O)N5CC[C@H](C(=O)O)C5)cc4)nc3)CC2)CC1.CCCC1CCC(C2CC=C(c3cnc(-c4ccc(C[C@H](CC(=O)c5ccc(C(C)(C)C)s5)C(=O)O)cc4)nc3)CC2)CC1.